The van der Waals surface area contributed by atoms with Crippen LogP contribution < -0.4 is 5.32 Å². The summed E-state index contributed by atoms with van der Waals surface area (Å²) in [5.74, 6) is -0.250. The van der Waals surface area contributed by atoms with Crippen molar-refractivity contribution in [3.63, 3.8) is 0 Å². The third-order valence-electron chi connectivity index (χ3n) is 3.55. The Kier molecular flexibility index (Phi) is 4.22. The van der Waals surface area contributed by atoms with Gasteiger partial charge in [0.2, 0.25) is 0 Å². The van der Waals surface area contributed by atoms with Crippen molar-refractivity contribution in [1.82, 2.24) is 15.3 Å². The summed E-state index contributed by atoms with van der Waals surface area (Å²) in [5.41, 5.74) is 2.33. The number of aliphatic hydroxyl groups excluding tert-OH is 1. The summed E-state index contributed by atoms with van der Waals surface area (Å²) in [6, 6.07) is 9.80. The van der Waals surface area contributed by atoms with Crippen molar-refractivity contribution in [3.05, 3.63) is 41.4 Å². The number of fused-ring (bicyclic) bond motifs is 1. The second kappa shape index (κ2) is 6.29. The Balaban J connectivity index is 1.82. The van der Waals surface area contributed by atoms with Crippen molar-refractivity contribution in [1.29, 1.82) is 0 Å². The zero-order valence-electron chi connectivity index (χ0n) is 12.2. The third kappa shape index (κ3) is 2.88. The summed E-state index contributed by atoms with van der Waals surface area (Å²) < 4.78 is 0. The molecule has 1 aromatic carbocycles. The van der Waals surface area contributed by atoms with Gasteiger partial charge in [-0.15, -0.1) is 11.3 Å². The lowest BCUT2D eigenvalue weighted by atomic mass is 10.2. The van der Waals surface area contributed by atoms with Crippen molar-refractivity contribution in [2.75, 3.05) is 6.61 Å². The number of carbonyl (C=O) groups excluding carboxylic acids is 1. The minimum absolute atomic E-state index is 0.0682. The average molecular weight is 315 g/mol. The minimum Gasteiger partial charge on any atom is -0.394 e. The van der Waals surface area contributed by atoms with E-state index in [0.717, 1.165) is 21.6 Å². The van der Waals surface area contributed by atoms with Crippen molar-refractivity contribution >= 4 is 28.1 Å². The van der Waals surface area contributed by atoms with Crippen LogP contribution in [0, 0.1) is 0 Å². The minimum atomic E-state index is -0.250. The fourth-order valence-corrected chi connectivity index (χ4v) is 3.00. The van der Waals surface area contributed by atoms with Crippen LogP contribution in [0.5, 0.6) is 0 Å². The standard InChI is InChI=1S/C16H17N3O2S/c1-2-11(8-20)17-15(21)14-9-22-16(19-14)13-7-10-5-3-4-6-12(10)18-13/h3-7,9,11,18,20H,2,8H2,1H3,(H,17,21). The molecule has 1 unspecified atom stereocenters. The van der Waals surface area contributed by atoms with E-state index in [0.29, 0.717) is 12.1 Å². The van der Waals surface area contributed by atoms with Gasteiger partial charge in [0.1, 0.15) is 10.7 Å². The van der Waals surface area contributed by atoms with Gasteiger partial charge in [0.15, 0.2) is 0 Å². The first-order chi connectivity index (χ1) is 10.7. The maximum absolute atomic E-state index is 12.1. The van der Waals surface area contributed by atoms with Gasteiger partial charge in [-0.25, -0.2) is 4.98 Å². The van der Waals surface area contributed by atoms with Crippen LogP contribution >= 0.6 is 11.3 Å². The second-order valence-electron chi connectivity index (χ2n) is 5.07. The molecule has 1 atom stereocenters. The Hall–Kier alpha value is -2.18. The van der Waals surface area contributed by atoms with Crippen molar-refractivity contribution < 1.29 is 9.90 Å². The fraction of sp³-hybridized carbons (Fsp3) is 0.250. The maximum atomic E-state index is 12.1. The number of para-hydroxylation sites is 1. The SMILES string of the molecule is CCC(CO)NC(=O)c1csc(-c2cc3ccccc3[nH]2)n1. The number of aromatic amines is 1. The van der Waals surface area contributed by atoms with Crippen LogP contribution in [0.15, 0.2) is 35.7 Å². The molecule has 0 spiro atoms. The van der Waals surface area contributed by atoms with Gasteiger partial charge in [-0.3, -0.25) is 4.79 Å². The average Bonchev–Trinajstić information content (AvgIpc) is 3.18. The Labute approximate surface area is 132 Å². The van der Waals surface area contributed by atoms with E-state index < -0.39 is 0 Å². The second-order valence-corrected chi connectivity index (χ2v) is 5.93. The molecule has 0 radical (unpaired) electrons. The Morgan fingerprint density at radius 3 is 3.00 bits per heavy atom. The molecular weight excluding hydrogens is 298 g/mol. The van der Waals surface area contributed by atoms with Crippen LogP contribution in [0.1, 0.15) is 23.8 Å². The number of nitrogens with one attached hydrogen (secondary N) is 2. The first kappa shape index (κ1) is 14.7. The molecule has 3 aromatic rings. The number of aromatic nitrogens is 2. The maximum Gasteiger partial charge on any atom is 0.271 e. The van der Waals surface area contributed by atoms with Crippen LogP contribution in [0.25, 0.3) is 21.6 Å². The lowest BCUT2D eigenvalue weighted by Crippen LogP contribution is -2.37. The van der Waals surface area contributed by atoms with E-state index in [1.54, 1.807) is 5.38 Å². The molecule has 0 saturated carbocycles. The molecule has 0 aliphatic heterocycles. The number of hydrogen-bond donors (Lipinski definition) is 3. The molecule has 0 fully saturated rings. The van der Waals surface area contributed by atoms with E-state index in [4.69, 9.17) is 5.11 Å². The zero-order chi connectivity index (χ0) is 15.5. The summed E-state index contributed by atoms with van der Waals surface area (Å²) >= 11 is 1.42. The molecule has 0 aliphatic rings. The number of amides is 1. The first-order valence-corrected chi connectivity index (χ1v) is 8.04. The van der Waals surface area contributed by atoms with E-state index in [-0.39, 0.29) is 18.6 Å². The molecule has 0 aliphatic carbocycles. The Bertz CT molecular complexity index is 756. The first-order valence-electron chi connectivity index (χ1n) is 7.16. The van der Waals surface area contributed by atoms with Gasteiger partial charge in [0.05, 0.1) is 18.3 Å². The van der Waals surface area contributed by atoms with Crippen molar-refractivity contribution in [2.45, 2.75) is 19.4 Å². The molecule has 114 valence electrons. The summed E-state index contributed by atoms with van der Waals surface area (Å²) in [6.07, 6.45) is 0.682. The van der Waals surface area contributed by atoms with Gasteiger partial charge in [0.25, 0.3) is 5.91 Å². The van der Waals surface area contributed by atoms with Gasteiger partial charge in [-0.1, -0.05) is 25.1 Å². The smallest absolute Gasteiger partial charge is 0.271 e. The van der Waals surface area contributed by atoms with Gasteiger partial charge in [-0.05, 0) is 18.6 Å². The van der Waals surface area contributed by atoms with Crippen molar-refractivity contribution in [2.24, 2.45) is 0 Å². The van der Waals surface area contributed by atoms with Gasteiger partial charge in [0, 0.05) is 16.3 Å². The summed E-state index contributed by atoms with van der Waals surface area (Å²) in [4.78, 5) is 19.8. The molecule has 22 heavy (non-hydrogen) atoms. The Morgan fingerprint density at radius 2 is 2.27 bits per heavy atom. The predicted molar refractivity (Wildman–Crippen MR) is 88.0 cm³/mol. The van der Waals surface area contributed by atoms with E-state index in [1.807, 2.05) is 37.3 Å². The molecule has 3 N–H and O–H groups in total. The highest BCUT2D eigenvalue weighted by Crippen LogP contribution is 2.26. The normalized spacial score (nSPS) is 12.5. The fourth-order valence-electron chi connectivity index (χ4n) is 2.23. The molecule has 0 bridgehead atoms. The van der Waals surface area contributed by atoms with E-state index in [9.17, 15) is 4.79 Å². The number of benzene rings is 1. The number of rotatable bonds is 5. The van der Waals surface area contributed by atoms with Gasteiger partial charge >= 0.3 is 0 Å². The van der Waals surface area contributed by atoms with Crippen LogP contribution in [0.4, 0.5) is 0 Å². The molecule has 3 rings (SSSR count). The number of carbonyl (C=O) groups is 1. The number of hydrogen-bond acceptors (Lipinski definition) is 4. The molecular formula is C16H17N3O2S. The third-order valence-corrected chi connectivity index (χ3v) is 4.42. The summed E-state index contributed by atoms with van der Waals surface area (Å²) in [5, 5.41) is 15.5. The van der Waals surface area contributed by atoms with Crippen LogP contribution in [-0.4, -0.2) is 33.6 Å². The number of aliphatic hydroxyl groups is 1. The molecule has 0 saturated heterocycles. The van der Waals surface area contributed by atoms with Crippen LogP contribution in [-0.2, 0) is 0 Å². The van der Waals surface area contributed by atoms with Gasteiger partial charge in [-0.2, -0.15) is 0 Å². The molecule has 6 heteroatoms. The van der Waals surface area contributed by atoms with E-state index in [2.05, 4.69) is 15.3 Å². The topological polar surface area (TPSA) is 78.0 Å². The highest BCUT2D eigenvalue weighted by atomic mass is 32.1. The Morgan fingerprint density at radius 1 is 1.45 bits per heavy atom. The number of nitrogens with zero attached hydrogens (tertiary/aromatic N) is 1. The predicted octanol–water partition coefficient (Wildman–Crippen LogP) is 2.79. The summed E-state index contributed by atoms with van der Waals surface area (Å²) in [7, 11) is 0. The van der Waals surface area contributed by atoms with Gasteiger partial charge < -0.3 is 15.4 Å². The highest BCUT2D eigenvalue weighted by Gasteiger charge is 2.16. The lowest BCUT2D eigenvalue weighted by molar-refractivity contribution is 0.0910. The van der Waals surface area contributed by atoms with E-state index >= 15 is 0 Å². The monoisotopic (exact) mass is 315 g/mol. The molecule has 1 amide bonds. The molecule has 2 aromatic heterocycles. The zero-order valence-corrected chi connectivity index (χ0v) is 13.0. The summed E-state index contributed by atoms with van der Waals surface area (Å²) in [6.45, 7) is 1.85. The molecule has 2 heterocycles. The van der Waals surface area contributed by atoms with Crippen molar-refractivity contribution in [3.8, 4) is 10.7 Å². The van der Waals surface area contributed by atoms with E-state index in [1.165, 1.54) is 11.3 Å². The lowest BCUT2D eigenvalue weighted by Gasteiger charge is -2.12. The number of H-pyrrole nitrogens is 1. The van der Waals surface area contributed by atoms with Crippen LogP contribution in [0.3, 0.4) is 0 Å². The quantitative estimate of drug-likeness (QED) is 0.677. The highest BCUT2D eigenvalue weighted by molar-refractivity contribution is 7.13. The van der Waals surface area contributed by atoms with Crippen LogP contribution in [0.2, 0.25) is 0 Å². The molecule has 5 nitrogen and oxygen atoms in total. The largest absolute Gasteiger partial charge is 0.394 e. The number of thiazole rings is 1.